The fourth-order valence-electron chi connectivity index (χ4n) is 2.56. The molecule has 0 fully saturated rings. The van der Waals surface area contributed by atoms with Crippen molar-refractivity contribution >= 4 is 45.2 Å². The molecule has 0 aliphatic carbocycles. The van der Waals surface area contributed by atoms with Crippen LogP contribution >= 0.6 is 28.1 Å². The molecule has 0 aliphatic heterocycles. The minimum atomic E-state index is 0.426. The van der Waals surface area contributed by atoms with E-state index in [4.69, 9.17) is 21.7 Å². The maximum absolute atomic E-state index is 6.05. The second kappa shape index (κ2) is 10.6. The minimum Gasteiger partial charge on any atom is -0.493 e. The summed E-state index contributed by atoms with van der Waals surface area (Å²) in [6.07, 6.45) is 1.78. The van der Waals surface area contributed by atoms with Crippen molar-refractivity contribution in [3.8, 4) is 11.5 Å². The molecule has 0 amide bonds. The van der Waals surface area contributed by atoms with Crippen molar-refractivity contribution in [3.05, 3.63) is 88.4 Å². The maximum atomic E-state index is 6.05. The lowest BCUT2D eigenvalue weighted by atomic mass is 10.2. The van der Waals surface area contributed by atoms with E-state index in [0.29, 0.717) is 23.2 Å². The summed E-state index contributed by atoms with van der Waals surface area (Å²) in [5.41, 5.74) is 5.74. The number of rotatable bonds is 7. The van der Waals surface area contributed by atoms with Crippen LogP contribution in [0.3, 0.4) is 0 Å². The molecule has 0 atom stereocenters. The van der Waals surface area contributed by atoms with Crippen molar-refractivity contribution in [1.29, 1.82) is 0 Å². The van der Waals surface area contributed by atoms with Crippen molar-refractivity contribution < 1.29 is 14.6 Å². The largest absolute Gasteiger partial charge is 0.493 e. The van der Waals surface area contributed by atoms with E-state index in [2.05, 4.69) is 31.8 Å². The molecule has 3 aromatic rings. The van der Waals surface area contributed by atoms with Crippen molar-refractivity contribution in [1.82, 2.24) is 5.43 Å². The summed E-state index contributed by atoms with van der Waals surface area (Å²) in [4.78, 5) is 0. The summed E-state index contributed by atoms with van der Waals surface area (Å²) in [5, 5.41) is 6.54. The van der Waals surface area contributed by atoms with Gasteiger partial charge in [0.2, 0.25) is 11.3 Å². The zero-order valence-corrected chi connectivity index (χ0v) is 18.2. The SMILES string of the molecule is COc1cccc(C=[NH+]NC(=S)Nc2ccccc2)c1OCc1ccc(Br)cc1. The second-order valence-electron chi connectivity index (χ2n) is 6.03. The maximum Gasteiger partial charge on any atom is 0.228 e. The van der Waals surface area contributed by atoms with Crippen LogP contribution in [0.2, 0.25) is 0 Å². The van der Waals surface area contributed by atoms with Gasteiger partial charge in [-0.1, -0.05) is 52.3 Å². The monoisotopic (exact) mass is 470 g/mol. The molecule has 0 saturated carbocycles. The highest BCUT2D eigenvalue weighted by Gasteiger charge is 2.12. The van der Waals surface area contributed by atoms with Gasteiger partial charge in [-0.05, 0) is 54.2 Å². The van der Waals surface area contributed by atoms with Crippen molar-refractivity contribution in [2.45, 2.75) is 6.61 Å². The summed E-state index contributed by atoms with van der Waals surface area (Å²) < 4.78 is 12.5. The zero-order valence-electron chi connectivity index (χ0n) is 15.8. The normalized spacial score (nSPS) is 10.6. The number of methoxy groups -OCH3 is 1. The molecule has 0 radical (unpaired) electrons. The Kier molecular flexibility index (Phi) is 7.61. The predicted octanol–water partition coefficient (Wildman–Crippen LogP) is 3.44. The molecule has 0 bridgehead atoms. The van der Waals surface area contributed by atoms with Crippen LogP contribution in [-0.4, -0.2) is 18.4 Å². The number of hydrazone groups is 1. The first-order valence-corrected chi connectivity index (χ1v) is 10.1. The predicted molar refractivity (Wildman–Crippen MR) is 123 cm³/mol. The van der Waals surface area contributed by atoms with E-state index < -0.39 is 0 Å². The second-order valence-corrected chi connectivity index (χ2v) is 7.35. The molecule has 0 heterocycles. The van der Waals surface area contributed by atoms with Crippen LogP contribution < -0.4 is 25.3 Å². The molecule has 3 rings (SSSR count). The zero-order chi connectivity index (χ0) is 20.5. The van der Waals surface area contributed by atoms with Gasteiger partial charge in [-0.25, -0.2) is 0 Å². The van der Waals surface area contributed by atoms with E-state index >= 15 is 0 Å². The molecule has 0 saturated heterocycles. The number of ether oxygens (including phenoxy) is 2. The van der Waals surface area contributed by atoms with Gasteiger partial charge < -0.3 is 14.8 Å². The van der Waals surface area contributed by atoms with Crippen molar-refractivity contribution in [2.75, 3.05) is 12.4 Å². The molecule has 0 aromatic heterocycles. The summed E-state index contributed by atoms with van der Waals surface area (Å²) >= 11 is 8.73. The first-order chi connectivity index (χ1) is 14.2. The number of halogens is 1. The molecule has 5 nitrogen and oxygen atoms in total. The highest BCUT2D eigenvalue weighted by Crippen LogP contribution is 2.30. The van der Waals surface area contributed by atoms with Crippen LogP contribution in [0.4, 0.5) is 5.69 Å². The van der Waals surface area contributed by atoms with Crippen molar-refractivity contribution in [3.63, 3.8) is 0 Å². The Balaban J connectivity index is 1.67. The summed E-state index contributed by atoms with van der Waals surface area (Å²) in [7, 11) is 1.62. The molecule has 148 valence electrons. The topological polar surface area (TPSA) is 56.5 Å². The molecule has 0 aliphatic rings. The Labute approximate surface area is 183 Å². The Hall–Kier alpha value is -2.90. The average Bonchev–Trinajstić information content (AvgIpc) is 2.74. The van der Waals surface area contributed by atoms with E-state index in [9.17, 15) is 0 Å². The van der Waals surface area contributed by atoms with Gasteiger partial charge in [0.25, 0.3) is 0 Å². The Morgan fingerprint density at radius 2 is 1.79 bits per heavy atom. The number of hydrazine groups is 1. The lowest BCUT2D eigenvalue weighted by Crippen LogP contribution is -2.82. The van der Waals surface area contributed by atoms with Crippen LogP contribution in [0.15, 0.2) is 77.3 Å². The number of hydrogen-bond donors (Lipinski definition) is 3. The Morgan fingerprint density at radius 3 is 2.52 bits per heavy atom. The van der Waals surface area contributed by atoms with Gasteiger partial charge in [0.1, 0.15) is 6.61 Å². The average molecular weight is 471 g/mol. The number of para-hydroxylation sites is 2. The van der Waals surface area contributed by atoms with Gasteiger partial charge in [-0.3, -0.25) is 0 Å². The van der Waals surface area contributed by atoms with Gasteiger partial charge >= 0.3 is 0 Å². The quantitative estimate of drug-likeness (QED) is 0.280. The van der Waals surface area contributed by atoms with E-state index in [0.717, 1.165) is 21.3 Å². The number of nitrogens with one attached hydrogen (secondary N) is 3. The number of thiocarbonyl (C=S) groups is 1. The first-order valence-electron chi connectivity index (χ1n) is 8.91. The fraction of sp³-hybridized carbons (Fsp3) is 0.0909. The smallest absolute Gasteiger partial charge is 0.228 e. The van der Waals surface area contributed by atoms with Gasteiger partial charge in [-0.2, -0.15) is 0 Å². The molecule has 0 spiro atoms. The van der Waals surface area contributed by atoms with E-state index in [1.54, 1.807) is 13.3 Å². The van der Waals surface area contributed by atoms with Crippen LogP contribution in [0.1, 0.15) is 11.1 Å². The van der Waals surface area contributed by atoms with Crippen molar-refractivity contribution in [2.24, 2.45) is 0 Å². The molecule has 3 N–H and O–H groups in total. The van der Waals surface area contributed by atoms with Gasteiger partial charge in [0, 0.05) is 10.2 Å². The fourth-order valence-corrected chi connectivity index (χ4v) is 3.00. The molecular formula is C22H21BrN3O2S+. The van der Waals surface area contributed by atoms with Crippen LogP contribution in [0, 0.1) is 0 Å². The third kappa shape index (κ3) is 6.30. The molecule has 3 aromatic carbocycles. The summed E-state index contributed by atoms with van der Waals surface area (Å²) in [5.74, 6) is 1.30. The molecule has 7 heteroatoms. The van der Waals surface area contributed by atoms with E-state index in [1.807, 2.05) is 72.8 Å². The summed E-state index contributed by atoms with van der Waals surface area (Å²) in [6, 6.07) is 23.4. The third-order valence-electron chi connectivity index (χ3n) is 3.97. The van der Waals surface area contributed by atoms with E-state index in [-0.39, 0.29) is 0 Å². The van der Waals surface area contributed by atoms with Gasteiger partial charge in [-0.15, -0.1) is 10.5 Å². The molecule has 0 unspecified atom stereocenters. The lowest BCUT2D eigenvalue weighted by molar-refractivity contribution is -0.499. The highest BCUT2D eigenvalue weighted by molar-refractivity contribution is 9.10. The highest BCUT2D eigenvalue weighted by atomic mass is 79.9. The molecular weight excluding hydrogens is 450 g/mol. The number of benzene rings is 3. The van der Waals surface area contributed by atoms with Crippen LogP contribution in [0.25, 0.3) is 0 Å². The Bertz CT molecular complexity index is 979. The standard InChI is InChI=1S/C22H20BrN3O2S/c1-27-20-9-5-6-17(21(20)28-15-16-10-12-18(23)13-11-16)14-24-26-22(29)25-19-7-3-2-4-8-19/h2-14H,15H2,1H3,(H2,25,26,29)/p+1. The minimum absolute atomic E-state index is 0.426. The summed E-state index contributed by atoms with van der Waals surface area (Å²) in [6.45, 7) is 0.426. The van der Waals surface area contributed by atoms with Crippen LogP contribution in [-0.2, 0) is 6.61 Å². The molecule has 29 heavy (non-hydrogen) atoms. The number of anilines is 1. The Morgan fingerprint density at radius 1 is 1.03 bits per heavy atom. The van der Waals surface area contributed by atoms with E-state index in [1.165, 1.54) is 0 Å². The third-order valence-corrected chi connectivity index (χ3v) is 4.70. The number of hydrogen-bond acceptors (Lipinski definition) is 3. The van der Waals surface area contributed by atoms with Gasteiger partial charge in [0.05, 0.1) is 12.7 Å². The van der Waals surface area contributed by atoms with Crippen LogP contribution in [0.5, 0.6) is 11.5 Å². The lowest BCUT2D eigenvalue weighted by Gasteiger charge is -2.12. The van der Waals surface area contributed by atoms with Gasteiger partial charge in [0.15, 0.2) is 11.5 Å². The first kappa shape index (κ1) is 20.8.